The Labute approximate surface area is 425 Å². The van der Waals surface area contributed by atoms with Crippen molar-refractivity contribution >= 4 is 17.1 Å². The quantitative estimate of drug-likeness (QED) is 0.132. The molecule has 0 amide bonds. The highest BCUT2D eigenvalue weighted by Crippen LogP contribution is 2.62. The summed E-state index contributed by atoms with van der Waals surface area (Å²) < 4.78 is 0. The van der Waals surface area contributed by atoms with E-state index in [-0.39, 0.29) is 0 Å². The van der Waals surface area contributed by atoms with E-state index in [1.54, 1.807) is 5.56 Å². The average molecular weight is 924 g/mol. The standard InChI is InChI=1S/C71H57N/c1-5-21-52(22-6-1)58-29-13-14-30-59(58)60-31-15-16-32-61(60)63-34-18-20-36-68(63)72(57-39-37-54(38-40-57)70-46-49-41-50(47-70)43-51(42-49)48-70)69-45-67-65(44-64(69)53-23-7-2-8-24-53)62-33-17-19-35-66(62)71(67,55-25-9-3-10-26-55)56-27-11-4-12-28-56/h1-40,44-45,49-51H,41-43,46-48H2. The van der Waals surface area contributed by atoms with Crippen molar-refractivity contribution in [3.05, 3.63) is 283 Å². The Morgan fingerprint density at radius 1 is 0.292 bits per heavy atom. The maximum atomic E-state index is 2.62. The Bertz CT molecular complexity index is 3520. The maximum Gasteiger partial charge on any atom is 0.0714 e. The van der Waals surface area contributed by atoms with E-state index in [2.05, 4.69) is 260 Å². The van der Waals surface area contributed by atoms with Crippen molar-refractivity contribution in [2.75, 3.05) is 4.90 Å². The van der Waals surface area contributed by atoms with Crippen LogP contribution in [-0.2, 0) is 10.8 Å². The molecular weight excluding hydrogens is 867 g/mol. The zero-order valence-electron chi connectivity index (χ0n) is 40.7. The second-order valence-electron chi connectivity index (χ2n) is 21.4. The van der Waals surface area contributed by atoms with Crippen LogP contribution in [0.1, 0.15) is 66.3 Å². The minimum atomic E-state index is -0.570. The van der Waals surface area contributed by atoms with Crippen molar-refractivity contribution in [2.24, 2.45) is 17.8 Å². The molecule has 5 aliphatic rings. The molecule has 0 unspecified atom stereocenters. The molecule has 0 aromatic heterocycles. The van der Waals surface area contributed by atoms with Crippen LogP contribution < -0.4 is 4.90 Å². The van der Waals surface area contributed by atoms with E-state index in [1.807, 2.05) is 0 Å². The van der Waals surface area contributed by atoms with E-state index in [4.69, 9.17) is 0 Å². The van der Waals surface area contributed by atoms with Crippen molar-refractivity contribution in [3.63, 3.8) is 0 Å². The molecule has 346 valence electrons. The van der Waals surface area contributed by atoms with Gasteiger partial charge in [-0.1, -0.05) is 224 Å². The third-order valence-electron chi connectivity index (χ3n) is 17.3. The SMILES string of the molecule is c1ccc(-c2ccccc2-c2ccccc2-c2ccccc2N(c2ccc(C34CC5CC(CC(C5)C3)C4)cc2)c2cc3c(cc2-c2ccccc2)-c2ccccc2C3(c2ccccc2)c2ccccc2)cc1. The van der Waals surface area contributed by atoms with Gasteiger partial charge in [-0.15, -0.1) is 0 Å². The number of hydrogen-bond donors (Lipinski definition) is 0. The van der Waals surface area contributed by atoms with Gasteiger partial charge < -0.3 is 4.90 Å². The van der Waals surface area contributed by atoms with Crippen molar-refractivity contribution in [1.82, 2.24) is 0 Å². The maximum absolute atomic E-state index is 2.62. The van der Waals surface area contributed by atoms with Crippen LogP contribution in [0.4, 0.5) is 17.1 Å². The molecule has 0 aliphatic heterocycles. The first-order valence-corrected chi connectivity index (χ1v) is 26.3. The number of fused-ring (bicyclic) bond motifs is 3. The van der Waals surface area contributed by atoms with Crippen LogP contribution in [0.5, 0.6) is 0 Å². The van der Waals surface area contributed by atoms with Gasteiger partial charge in [0.05, 0.1) is 16.8 Å². The molecule has 0 radical (unpaired) electrons. The van der Waals surface area contributed by atoms with Gasteiger partial charge in [-0.25, -0.2) is 0 Å². The summed E-state index contributed by atoms with van der Waals surface area (Å²) in [5.41, 5.74) is 22.0. The van der Waals surface area contributed by atoms with Crippen molar-refractivity contribution in [1.29, 1.82) is 0 Å². The number of anilines is 3. The van der Waals surface area contributed by atoms with Crippen molar-refractivity contribution in [2.45, 2.75) is 49.4 Å². The molecule has 1 heteroatoms. The molecule has 10 aromatic carbocycles. The van der Waals surface area contributed by atoms with Gasteiger partial charge in [-0.05, 0) is 164 Å². The molecule has 0 heterocycles. The fraction of sp³-hybridized carbons (Fsp3) is 0.155. The molecular formula is C71H57N. The largest absolute Gasteiger partial charge is 0.309 e. The predicted octanol–water partition coefficient (Wildman–Crippen LogP) is 18.7. The predicted molar refractivity (Wildman–Crippen MR) is 300 cm³/mol. The van der Waals surface area contributed by atoms with Crippen LogP contribution >= 0.6 is 0 Å². The van der Waals surface area contributed by atoms with E-state index in [1.165, 1.54) is 116 Å². The van der Waals surface area contributed by atoms with Gasteiger partial charge in [0.25, 0.3) is 0 Å². The summed E-state index contributed by atoms with van der Waals surface area (Å²) in [5, 5.41) is 0. The van der Waals surface area contributed by atoms with Crippen LogP contribution in [0.15, 0.2) is 255 Å². The highest BCUT2D eigenvalue weighted by Gasteiger charge is 2.52. The highest BCUT2D eigenvalue weighted by atomic mass is 15.1. The smallest absolute Gasteiger partial charge is 0.0714 e. The van der Waals surface area contributed by atoms with Crippen LogP contribution in [0, 0.1) is 17.8 Å². The molecule has 0 atom stereocenters. The van der Waals surface area contributed by atoms with Gasteiger partial charge in [0.1, 0.15) is 0 Å². The molecule has 4 fully saturated rings. The normalized spacial score (nSPS) is 19.9. The highest BCUT2D eigenvalue weighted by molar-refractivity contribution is 6.01. The number of rotatable bonds is 10. The van der Waals surface area contributed by atoms with Gasteiger partial charge >= 0.3 is 0 Å². The van der Waals surface area contributed by atoms with Gasteiger partial charge in [-0.3, -0.25) is 0 Å². The fourth-order valence-corrected chi connectivity index (χ4v) is 14.8. The minimum absolute atomic E-state index is 0.292. The number of para-hydroxylation sites is 1. The lowest BCUT2D eigenvalue weighted by Crippen LogP contribution is -2.48. The molecule has 5 aliphatic carbocycles. The van der Waals surface area contributed by atoms with Crippen LogP contribution in [0.2, 0.25) is 0 Å². The summed E-state index contributed by atoms with van der Waals surface area (Å²) in [5.74, 6) is 2.64. The second kappa shape index (κ2) is 17.4. The fourth-order valence-electron chi connectivity index (χ4n) is 14.8. The van der Waals surface area contributed by atoms with Gasteiger partial charge in [0.2, 0.25) is 0 Å². The molecule has 0 spiro atoms. The summed E-state index contributed by atoms with van der Waals surface area (Å²) >= 11 is 0. The summed E-state index contributed by atoms with van der Waals surface area (Å²) in [7, 11) is 0. The van der Waals surface area contributed by atoms with Gasteiger partial charge in [0.15, 0.2) is 0 Å². The lowest BCUT2D eigenvalue weighted by atomic mass is 9.48. The molecule has 15 rings (SSSR count). The molecule has 10 aromatic rings. The molecule has 0 N–H and O–H groups in total. The van der Waals surface area contributed by atoms with E-state index >= 15 is 0 Å². The summed E-state index contributed by atoms with van der Waals surface area (Å²) in [6, 6.07) is 95.9. The van der Waals surface area contributed by atoms with Crippen LogP contribution in [0.25, 0.3) is 55.6 Å². The molecule has 72 heavy (non-hydrogen) atoms. The van der Waals surface area contributed by atoms with Gasteiger partial charge in [-0.2, -0.15) is 0 Å². The van der Waals surface area contributed by atoms with Crippen LogP contribution in [0.3, 0.4) is 0 Å². The first-order chi connectivity index (χ1) is 35.6. The Morgan fingerprint density at radius 2 is 0.722 bits per heavy atom. The van der Waals surface area contributed by atoms with E-state index in [9.17, 15) is 0 Å². The van der Waals surface area contributed by atoms with Crippen molar-refractivity contribution in [3.8, 4) is 55.6 Å². The Balaban J connectivity index is 1.05. The van der Waals surface area contributed by atoms with Crippen molar-refractivity contribution < 1.29 is 0 Å². The molecule has 4 saturated carbocycles. The number of nitrogens with zero attached hydrogens (tertiary/aromatic N) is 1. The lowest BCUT2D eigenvalue weighted by molar-refractivity contribution is -0.00518. The molecule has 0 saturated heterocycles. The zero-order chi connectivity index (χ0) is 47.6. The minimum Gasteiger partial charge on any atom is -0.309 e. The van der Waals surface area contributed by atoms with Crippen LogP contribution in [-0.4, -0.2) is 0 Å². The summed E-state index contributed by atoms with van der Waals surface area (Å²) in [4.78, 5) is 2.62. The number of benzene rings is 10. The lowest BCUT2D eigenvalue weighted by Gasteiger charge is -2.57. The first-order valence-electron chi connectivity index (χ1n) is 26.3. The zero-order valence-corrected chi connectivity index (χ0v) is 40.7. The van der Waals surface area contributed by atoms with E-state index < -0.39 is 5.41 Å². The number of hydrogen-bond acceptors (Lipinski definition) is 1. The average Bonchev–Trinajstić information content (AvgIpc) is 3.74. The third kappa shape index (κ3) is 6.89. The monoisotopic (exact) mass is 923 g/mol. The summed E-state index contributed by atoms with van der Waals surface area (Å²) in [6.45, 7) is 0. The van der Waals surface area contributed by atoms with E-state index in [0.717, 1.165) is 34.8 Å². The Hall–Kier alpha value is -8.00. The molecule has 4 bridgehead atoms. The third-order valence-corrected chi connectivity index (χ3v) is 17.3. The topological polar surface area (TPSA) is 3.24 Å². The Morgan fingerprint density at radius 3 is 1.29 bits per heavy atom. The molecule has 1 nitrogen and oxygen atoms in total. The summed E-state index contributed by atoms with van der Waals surface area (Å²) in [6.07, 6.45) is 8.36. The Kier molecular flexibility index (Phi) is 10.3. The van der Waals surface area contributed by atoms with Gasteiger partial charge in [0, 0.05) is 16.8 Å². The van der Waals surface area contributed by atoms with E-state index in [0.29, 0.717) is 5.41 Å². The second-order valence-corrected chi connectivity index (χ2v) is 21.4. The first kappa shape index (κ1) is 42.8.